The highest BCUT2D eigenvalue weighted by Crippen LogP contribution is 2.25. The number of hydrogen-bond donors (Lipinski definition) is 1. The van der Waals surface area contributed by atoms with Crippen molar-refractivity contribution in [2.24, 2.45) is 5.92 Å². The number of hydrogen-bond acceptors (Lipinski definition) is 6. The van der Waals surface area contributed by atoms with Gasteiger partial charge < -0.3 is 5.32 Å². The summed E-state index contributed by atoms with van der Waals surface area (Å²) in [6.07, 6.45) is 7.46. The van der Waals surface area contributed by atoms with Gasteiger partial charge >= 0.3 is 5.69 Å². The minimum absolute atomic E-state index is 0.169. The SMILES string of the molecule is CCc1cccc(Nc2ncnc3cc(-n4ccn(CCCC(C)C(=O)C=O)c4=O)ccc23)c1. The van der Waals surface area contributed by atoms with Crippen molar-refractivity contribution in [2.75, 3.05) is 5.32 Å². The maximum Gasteiger partial charge on any atom is 0.332 e. The van der Waals surface area contributed by atoms with Gasteiger partial charge in [-0.05, 0) is 55.2 Å². The summed E-state index contributed by atoms with van der Waals surface area (Å²) < 4.78 is 3.18. The highest BCUT2D eigenvalue weighted by atomic mass is 16.2. The fourth-order valence-electron chi connectivity index (χ4n) is 3.91. The van der Waals surface area contributed by atoms with E-state index in [0.29, 0.717) is 37.2 Å². The van der Waals surface area contributed by atoms with Gasteiger partial charge in [0, 0.05) is 35.9 Å². The van der Waals surface area contributed by atoms with Gasteiger partial charge in [0.25, 0.3) is 0 Å². The van der Waals surface area contributed by atoms with Crippen LogP contribution in [0.1, 0.15) is 32.3 Å². The summed E-state index contributed by atoms with van der Waals surface area (Å²) in [5, 5.41) is 4.23. The summed E-state index contributed by atoms with van der Waals surface area (Å²) in [5.74, 6) is -0.0357. The van der Waals surface area contributed by atoms with Crippen LogP contribution >= 0.6 is 0 Å². The van der Waals surface area contributed by atoms with E-state index in [1.807, 2.05) is 30.3 Å². The zero-order chi connectivity index (χ0) is 24.1. The molecule has 2 aromatic carbocycles. The van der Waals surface area contributed by atoms with Crippen LogP contribution in [-0.2, 0) is 22.6 Å². The average molecular weight is 458 g/mol. The number of rotatable bonds is 10. The molecule has 0 aliphatic rings. The Hall–Kier alpha value is -4.07. The first-order chi connectivity index (χ1) is 16.5. The van der Waals surface area contributed by atoms with E-state index in [9.17, 15) is 14.4 Å². The van der Waals surface area contributed by atoms with Gasteiger partial charge in [-0.15, -0.1) is 0 Å². The Balaban J connectivity index is 1.54. The lowest BCUT2D eigenvalue weighted by molar-refractivity contribution is -0.132. The monoisotopic (exact) mass is 457 g/mol. The maximum atomic E-state index is 12.9. The second-order valence-corrected chi connectivity index (χ2v) is 8.31. The molecule has 0 radical (unpaired) electrons. The molecule has 8 nitrogen and oxygen atoms in total. The van der Waals surface area contributed by atoms with Gasteiger partial charge in [-0.1, -0.05) is 26.0 Å². The lowest BCUT2D eigenvalue weighted by Crippen LogP contribution is -2.23. The quantitative estimate of drug-likeness (QED) is 0.285. The van der Waals surface area contributed by atoms with Crippen LogP contribution in [0.15, 0.2) is 66.0 Å². The van der Waals surface area contributed by atoms with E-state index < -0.39 is 5.78 Å². The molecule has 4 aromatic rings. The van der Waals surface area contributed by atoms with Crippen molar-refractivity contribution in [3.8, 4) is 5.69 Å². The number of carbonyl (C=O) groups excluding carboxylic acids is 2. The van der Waals surface area contributed by atoms with Crippen molar-refractivity contribution in [1.29, 1.82) is 0 Å². The first kappa shape index (κ1) is 23.1. The van der Waals surface area contributed by atoms with E-state index >= 15 is 0 Å². The third-order valence-electron chi connectivity index (χ3n) is 5.98. The number of fused-ring (bicyclic) bond motifs is 1. The van der Waals surface area contributed by atoms with E-state index in [0.717, 1.165) is 23.0 Å². The van der Waals surface area contributed by atoms with Crippen LogP contribution in [0.25, 0.3) is 16.6 Å². The molecule has 2 heterocycles. The average Bonchev–Trinajstić information content (AvgIpc) is 3.23. The van der Waals surface area contributed by atoms with Crippen molar-refractivity contribution in [2.45, 2.75) is 39.7 Å². The molecule has 0 fully saturated rings. The number of aryl methyl sites for hydroxylation is 2. The molecule has 174 valence electrons. The molecule has 0 bridgehead atoms. The molecule has 2 aromatic heterocycles. The number of Topliss-reactive ketones (excluding diaryl/α,β-unsaturated/α-hetero) is 1. The molecular formula is C26H27N5O3. The first-order valence-electron chi connectivity index (χ1n) is 11.4. The number of aldehydes is 1. The number of ketones is 1. The van der Waals surface area contributed by atoms with Gasteiger partial charge in [0.1, 0.15) is 12.1 Å². The molecule has 0 aliphatic heterocycles. The van der Waals surface area contributed by atoms with Gasteiger partial charge in [0.2, 0.25) is 0 Å². The number of carbonyl (C=O) groups is 2. The van der Waals surface area contributed by atoms with E-state index in [4.69, 9.17) is 0 Å². The third kappa shape index (κ3) is 4.96. The van der Waals surface area contributed by atoms with Crippen LogP contribution in [0.2, 0.25) is 0 Å². The summed E-state index contributed by atoms with van der Waals surface area (Å²) in [6, 6.07) is 13.8. The molecule has 0 spiro atoms. The Labute approximate surface area is 197 Å². The smallest absolute Gasteiger partial charge is 0.332 e. The molecule has 1 N–H and O–H groups in total. The van der Waals surface area contributed by atoms with Crippen LogP contribution in [0, 0.1) is 5.92 Å². The molecule has 34 heavy (non-hydrogen) atoms. The van der Waals surface area contributed by atoms with Crippen LogP contribution in [0.3, 0.4) is 0 Å². The molecular weight excluding hydrogens is 430 g/mol. The standard InChI is InChI=1S/C26H27N5O3/c1-3-19-7-4-8-20(14-19)29-25-22-10-9-21(15-23(22)27-17-28-25)31-13-12-30(26(31)34)11-5-6-18(2)24(33)16-32/h4,7-10,12-18H,3,5-6,11H2,1-2H3,(H,27,28,29). The normalized spacial score (nSPS) is 11.9. The third-order valence-corrected chi connectivity index (χ3v) is 5.98. The summed E-state index contributed by atoms with van der Waals surface area (Å²) in [4.78, 5) is 43.7. The summed E-state index contributed by atoms with van der Waals surface area (Å²) in [6.45, 7) is 4.32. The Morgan fingerprint density at radius 1 is 1.15 bits per heavy atom. The fraction of sp³-hybridized carbons (Fsp3) is 0.269. The van der Waals surface area contributed by atoms with Crippen molar-refractivity contribution in [1.82, 2.24) is 19.1 Å². The van der Waals surface area contributed by atoms with Crippen LogP contribution in [-0.4, -0.2) is 31.2 Å². The van der Waals surface area contributed by atoms with E-state index in [1.54, 1.807) is 28.5 Å². The molecule has 0 saturated carbocycles. The maximum absolute atomic E-state index is 12.9. The molecule has 0 saturated heterocycles. The van der Waals surface area contributed by atoms with E-state index in [1.165, 1.54) is 11.9 Å². The second kappa shape index (κ2) is 10.2. The van der Waals surface area contributed by atoms with Crippen LogP contribution in [0.5, 0.6) is 0 Å². The summed E-state index contributed by atoms with van der Waals surface area (Å²) in [7, 11) is 0. The first-order valence-corrected chi connectivity index (χ1v) is 11.4. The van der Waals surface area contributed by atoms with Crippen molar-refractivity contribution in [3.05, 3.63) is 77.2 Å². The van der Waals surface area contributed by atoms with Gasteiger partial charge in [-0.2, -0.15) is 0 Å². The number of aromatic nitrogens is 4. The van der Waals surface area contributed by atoms with Gasteiger partial charge in [0.15, 0.2) is 12.1 Å². The lowest BCUT2D eigenvalue weighted by Gasteiger charge is -2.10. The number of nitrogens with zero attached hydrogens (tertiary/aromatic N) is 4. The van der Waals surface area contributed by atoms with Gasteiger partial charge in [-0.3, -0.25) is 18.7 Å². The Morgan fingerprint density at radius 2 is 2.00 bits per heavy atom. The Kier molecular flexibility index (Phi) is 6.96. The summed E-state index contributed by atoms with van der Waals surface area (Å²) >= 11 is 0. The number of benzene rings is 2. The van der Waals surface area contributed by atoms with E-state index in [2.05, 4.69) is 34.3 Å². The predicted molar refractivity (Wildman–Crippen MR) is 132 cm³/mol. The zero-order valence-electron chi connectivity index (χ0n) is 19.3. The number of nitrogens with one attached hydrogen (secondary N) is 1. The molecule has 4 rings (SSSR count). The highest BCUT2D eigenvalue weighted by molar-refractivity contribution is 6.25. The predicted octanol–water partition coefficient (Wildman–Crippen LogP) is 4.07. The van der Waals surface area contributed by atoms with Crippen molar-refractivity contribution < 1.29 is 9.59 Å². The molecule has 1 atom stereocenters. The molecule has 0 amide bonds. The van der Waals surface area contributed by atoms with Crippen molar-refractivity contribution >= 4 is 34.5 Å². The lowest BCUT2D eigenvalue weighted by atomic mass is 10.0. The van der Waals surface area contributed by atoms with Crippen LogP contribution < -0.4 is 11.0 Å². The minimum atomic E-state index is -0.407. The molecule has 0 aliphatic carbocycles. The van der Waals surface area contributed by atoms with E-state index in [-0.39, 0.29) is 11.6 Å². The second-order valence-electron chi connectivity index (χ2n) is 8.31. The topological polar surface area (TPSA) is 98.9 Å². The van der Waals surface area contributed by atoms with Crippen molar-refractivity contribution in [3.63, 3.8) is 0 Å². The molecule has 1 unspecified atom stereocenters. The zero-order valence-corrected chi connectivity index (χ0v) is 19.3. The Bertz CT molecular complexity index is 1390. The summed E-state index contributed by atoms with van der Waals surface area (Å²) in [5.41, 5.74) is 3.46. The largest absolute Gasteiger partial charge is 0.340 e. The van der Waals surface area contributed by atoms with Gasteiger partial charge in [-0.25, -0.2) is 14.8 Å². The highest BCUT2D eigenvalue weighted by Gasteiger charge is 2.13. The van der Waals surface area contributed by atoms with Crippen LogP contribution in [0.4, 0.5) is 11.5 Å². The number of imidazole rings is 1. The van der Waals surface area contributed by atoms with Gasteiger partial charge in [0.05, 0.1) is 11.2 Å². The fourth-order valence-corrected chi connectivity index (χ4v) is 3.91. The number of anilines is 2. The molecule has 8 heteroatoms. The Morgan fingerprint density at radius 3 is 2.79 bits per heavy atom. The minimum Gasteiger partial charge on any atom is -0.340 e.